The van der Waals surface area contributed by atoms with Crippen LogP contribution in [0.15, 0.2) is 42.5 Å². The summed E-state index contributed by atoms with van der Waals surface area (Å²) >= 11 is 0. The summed E-state index contributed by atoms with van der Waals surface area (Å²) < 4.78 is 5.36. The lowest BCUT2D eigenvalue weighted by Gasteiger charge is -2.07. The van der Waals surface area contributed by atoms with E-state index < -0.39 is 0 Å². The number of rotatable bonds is 3. The van der Waals surface area contributed by atoms with E-state index >= 15 is 0 Å². The maximum atomic E-state index is 5.36. The number of hydrogen-bond donors (Lipinski definition) is 0. The number of benzene rings is 2. The van der Waals surface area contributed by atoms with E-state index in [4.69, 9.17) is 4.74 Å². The lowest BCUT2D eigenvalue weighted by Crippen LogP contribution is -2.10. The average Bonchev–Trinajstić information content (AvgIpc) is 3.30. The Morgan fingerprint density at radius 3 is 2.89 bits per heavy atom. The van der Waals surface area contributed by atoms with Gasteiger partial charge in [0.2, 0.25) is 0 Å². The number of fused-ring (bicyclic) bond motifs is 1. The topological polar surface area (TPSA) is 12.2 Å². The molecule has 1 saturated heterocycles. The summed E-state index contributed by atoms with van der Waals surface area (Å²) in [6, 6.07) is 15.2. The molecule has 0 amide bonds. The van der Waals surface area contributed by atoms with Gasteiger partial charge in [0.05, 0.1) is 0 Å². The number of nitrogens with zero attached hydrogens (tertiary/aromatic N) is 1. The molecule has 2 aliphatic heterocycles. The molecule has 1 fully saturated rings. The minimum atomic E-state index is 0.297. The first kappa shape index (κ1) is 10.7. The highest BCUT2D eigenvalue weighted by atomic mass is 31.1. The second kappa shape index (κ2) is 3.64. The van der Waals surface area contributed by atoms with Crippen LogP contribution in [0, 0.1) is 0 Å². The van der Waals surface area contributed by atoms with Crippen molar-refractivity contribution in [3.8, 4) is 0 Å². The van der Waals surface area contributed by atoms with Crippen molar-refractivity contribution in [3.05, 3.63) is 48.0 Å². The van der Waals surface area contributed by atoms with Crippen molar-refractivity contribution in [2.45, 2.75) is 11.8 Å². The second-order valence-corrected chi connectivity index (χ2v) is 6.30. The molecule has 2 unspecified atom stereocenters. The van der Waals surface area contributed by atoms with Crippen LogP contribution in [0.5, 0.6) is 0 Å². The number of methoxy groups -OCH3 is 1. The van der Waals surface area contributed by atoms with E-state index in [2.05, 4.69) is 47.4 Å². The highest BCUT2D eigenvalue weighted by molar-refractivity contribution is 7.56. The maximum Gasteiger partial charge on any atom is 0.130 e. The molecule has 2 aliphatic rings. The summed E-state index contributed by atoms with van der Waals surface area (Å²) in [7, 11) is 3.16. The predicted octanol–water partition coefficient (Wildman–Crippen LogP) is 3.09. The Kier molecular flexibility index (Phi) is 2.16. The van der Waals surface area contributed by atoms with Gasteiger partial charge in [-0.15, -0.1) is 0 Å². The van der Waals surface area contributed by atoms with Crippen molar-refractivity contribution >= 4 is 24.5 Å². The molecule has 3 heteroatoms. The van der Waals surface area contributed by atoms with Crippen LogP contribution in [-0.2, 0) is 11.3 Å². The van der Waals surface area contributed by atoms with Crippen LogP contribution < -0.4 is 0 Å². The molecule has 18 heavy (non-hydrogen) atoms. The van der Waals surface area contributed by atoms with Crippen molar-refractivity contribution in [1.82, 2.24) is 4.90 Å². The van der Waals surface area contributed by atoms with Gasteiger partial charge in [-0.05, 0) is 24.5 Å². The third-order valence-electron chi connectivity index (χ3n) is 3.84. The van der Waals surface area contributed by atoms with Crippen LogP contribution in [0.4, 0.5) is 0 Å². The minimum Gasteiger partial charge on any atom is -0.346 e. The van der Waals surface area contributed by atoms with Crippen molar-refractivity contribution in [3.63, 3.8) is 0 Å². The molecule has 0 N–H and O–H groups in total. The van der Waals surface area contributed by atoms with Crippen molar-refractivity contribution < 1.29 is 4.74 Å². The molecule has 2 nitrogen and oxygen atoms in total. The lowest BCUT2D eigenvalue weighted by atomic mass is 10.0. The Morgan fingerprint density at radius 2 is 2.06 bits per heavy atom. The average molecular weight is 255 g/mol. The third kappa shape index (κ3) is 1.47. The number of ether oxygens (including phenoxy) is 1. The minimum absolute atomic E-state index is 0.297. The Hall–Kier alpha value is -1.21. The van der Waals surface area contributed by atoms with E-state index in [9.17, 15) is 0 Å². The van der Waals surface area contributed by atoms with Gasteiger partial charge < -0.3 is 4.74 Å². The molecule has 2 aromatic rings. The van der Waals surface area contributed by atoms with E-state index in [0.717, 1.165) is 13.1 Å². The van der Waals surface area contributed by atoms with Gasteiger partial charge in [-0.2, -0.15) is 0 Å². The Bertz CT molecular complexity index is 661. The van der Waals surface area contributed by atoms with Crippen LogP contribution in [0.25, 0.3) is 10.8 Å². The summed E-state index contributed by atoms with van der Waals surface area (Å²) in [5, 5.41) is 3.00. The largest absolute Gasteiger partial charge is 0.346 e. The van der Waals surface area contributed by atoms with Gasteiger partial charge in [-0.1, -0.05) is 42.5 Å². The van der Waals surface area contributed by atoms with Gasteiger partial charge in [-0.3, -0.25) is 4.90 Å². The normalized spacial score (nSPS) is 29.4. The number of hydrogen-bond acceptors (Lipinski definition) is 2. The fourth-order valence-electron chi connectivity index (χ4n) is 2.71. The first-order chi connectivity index (χ1) is 8.83. The smallest absolute Gasteiger partial charge is 0.130 e. The van der Waals surface area contributed by atoms with Gasteiger partial charge in [0.1, 0.15) is 10.8 Å². The predicted molar refractivity (Wildman–Crippen MR) is 76.0 cm³/mol. The van der Waals surface area contributed by atoms with Crippen LogP contribution >= 0.6 is 8.20 Å². The van der Waals surface area contributed by atoms with Crippen molar-refractivity contribution in [2.24, 2.45) is 0 Å². The zero-order valence-corrected chi connectivity index (χ0v) is 11.2. The van der Waals surface area contributed by atoms with Crippen LogP contribution in [-0.4, -0.2) is 29.3 Å². The monoisotopic (exact) mass is 255 g/mol. The summed E-state index contributed by atoms with van der Waals surface area (Å²) in [6.45, 7) is 2.18. The Labute approximate surface area is 108 Å². The van der Waals surface area contributed by atoms with Crippen LogP contribution in [0.2, 0.25) is 0 Å². The summed E-state index contributed by atoms with van der Waals surface area (Å²) in [5.41, 5.74) is 2.66. The lowest BCUT2D eigenvalue weighted by molar-refractivity contribution is 0.394. The fraction of sp³-hybridized carbons (Fsp3) is 0.267. The maximum absolute atomic E-state index is 5.36. The first-order valence-corrected chi connectivity index (χ1v) is 7.09. The molecule has 2 atom stereocenters. The van der Waals surface area contributed by atoms with Gasteiger partial charge in [0, 0.05) is 20.2 Å². The zero-order valence-electron chi connectivity index (χ0n) is 10.3. The molecule has 0 aliphatic carbocycles. The van der Waals surface area contributed by atoms with E-state index in [1.807, 2.05) is 0 Å². The molecular formula is C15H14NOP. The summed E-state index contributed by atoms with van der Waals surface area (Å²) in [5.74, 6) is 0. The van der Waals surface area contributed by atoms with Crippen molar-refractivity contribution in [2.75, 3.05) is 13.7 Å². The van der Waals surface area contributed by atoms with Crippen molar-refractivity contribution in [1.29, 1.82) is 0 Å². The standard InChI is InChI=1S/C15H14NOP/c1-17-14-15(18-14)10-16(15)9-12-7-4-6-11-5-2-3-8-13(11)12/h2-8H,9-10H2,1H3. The van der Waals surface area contributed by atoms with Crippen LogP contribution in [0.3, 0.4) is 0 Å². The van der Waals surface area contributed by atoms with E-state index in [1.165, 1.54) is 30.0 Å². The molecule has 0 aromatic heterocycles. The quantitative estimate of drug-likeness (QED) is 0.617. The highest BCUT2D eigenvalue weighted by Crippen LogP contribution is 2.58. The van der Waals surface area contributed by atoms with Gasteiger partial charge in [0.15, 0.2) is 0 Å². The molecule has 2 aromatic carbocycles. The first-order valence-electron chi connectivity index (χ1n) is 6.19. The molecule has 90 valence electrons. The molecule has 4 rings (SSSR count). The SMILES string of the molecule is COC1=PC12CN2Cc1cccc2ccccc12. The second-order valence-electron chi connectivity index (χ2n) is 4.93. The third-order valence-corrected chi connectivity index (χ3v) is 5.37. The zero-order chi connectivity index (χ0) is 12.2. The highest BCUT2D eigenvalue weighted by Gasteiger charge is 2.64. The fourth-order valence-corrected chi connectivity index (χ4v) is 3.84. The van der Waals surface area contributed by atoms with E-state index in [-0.39, 0.29) is 0 Å². The molecule has 2 heterocycles. The Morgan fingerprint density at radius 1 is 1.22 bits per heavy atom. The van der Waals surface area contributed by atoms with Crippen LogP contribution in [0.1, 0.15) is 5.56 Å². The Balaban J connectivity index is 1.62. The molecule has 1 spiro atoms. The van der Waals surface area contributed by atoms with Gasteiger partial charge in [0.25, 0.3) is 0 Å². The summed E-state index contributed by atoms with van der Waals surface area (Å²) in [4.78, 5) is 2.50. The van der Waals surface area contributed by atoms with Gasteiger partial charge in [-0.25, -0.2) is 0 Å². The molecular weight excluding hydrogens is 241 g/mol. The van der Waals surface area contributed by atoms with E-state index in [1.54, 1.807) is 7.11 Å². The molecule has 0 saturated carbocycles. The molecule has 0 bridgehead atoms. The van der Waals surface area contributed by atoms with E-state index in [0.29, 0.717) is 5.28 Å². The van der Waals surface area contributed by atoms with Gasteiger partial charge >= 0.3 is 0 Å². The summed E-state index contributed by atoms with van der Waals surface area (Å²) in [6.07, 6.45) is 0. The molecule has 0 radical (unpaired) electrons.